The molecule has 1 rings (SSSR count). The van der Waals surface area contributed by atoms with Crippen LogP contribution in [0.2, 0.25) is 0 Å². The second-order valence-electron chi connectivity index (χ2n) is 4.55. The third kappa shape index (κ3) is 2.34. The molecule has 0 aromatic carbocycles. The van der Waals surface area contributed by atoms with Crippen molar-refractivity contribution in [1.29, 1.82) is 0 Å². The van der Waals surface area contributed by atoms with Gasteiger partial charge in [-0.1, -0.05) is 13.8 Å². The van der Waals surface area contributed by atoms with Crippen LogP contribution < -0.4 is 0 Å². The Bertz CT molecular complexity index is 243. The van der Waals surface area contributed by atoms with Gasteiger partial charge in [0.2, 0.25) is 0 Å². The van der Waals surface area contributed by atoms with Gasteiger partial charge < -0.3 is 4.74 Å². The molecule has 80 valence electrons. The topological polar surface area (TPSA) is 43.4 Å². The van der Waals surface area contributed by atoms with Crippen LogP contribution in [0, 0.1) is 11.3 Å². The lowest BCUT2D eigenvalue weighted by molar-refractivity contribution is -0.155. The zero-order valence-corrected chi connectivity index (χ0v) is 9.13. The van der Waals surface area contributed by atoms with Crippen LogP contribution in [0.4, 0.5) is 0 Å². The summed E-state index contributed by atoms with van der Waals surface area (Å²) in [4.78, 5) is 22.8. The van der Waals surface area contributed by atoms with Crippen LogP contribution >= 0.6 is 0 Å². The third-order valence-electron chi connectivity index (χ3n) is 2.88. The Labute approximate surface area is 84.8 Å². The molecule has 0 radical (unpaired) electrons. The summed E-state index contributed by atoms with van der Waals surface area (Å²) < 4.78 is 5.00. The van der Waals surface area contributed by atoms with Crippen LogP contribution in [0.1, 0.15) is 40.0 Å². The number of ketones is 1. The quantitative estimate of drug-likeness (QED) is 0.637. The maximum absolute atomic E-state index is 11.6. The highest BCUT2D eigenvalue weighted by molar-refractivity contribution is 5.83. The molecule has 0 saturated heterocycles. The zero-order valence-electron chi connectivity index (χ0n) is 9.13. The first-order valence-electron chi connectivity index (χ1n) is 5.15. The molecule has 0 aliphatic heterocycles. The number of rotatable bonds is 2. The lowest BCUT2D eigenvalue weighted by atomic mass is 9.68. The van der Waals surface area contributed by atoms with Gasteiger partial charge in [0.05, 0.1) is 12.5 Å². The Morgan fingerprint density at radius 2 is 2.21 bits per heavy atom. The summed E-state index contributed by atoms with van der Waals surface area (Å²) in [6.07, 6.45) is 1.66. The van der Waals surface area contributed by atoms with E-state index < -0.39 is 0 Å². The van der Waals surface area contributed by atoms with E-state index in [-0.39, 0.29) is 23.1 Å². The van der Waals surface area contributed by atoms with Gasteiger partial charge in [-0.05, 0) is 18.8 Å². The molecule has 0 aromatic heterocycles. The van der Waals surface area contributed by atoms with Gasteiger partial charge in [0.15, 0.2) is 0 Å². The number of carbonyl (C=O) groups is 2. The van der Waals surface area contributed by atoms with Crippen LogP contribution in [-0.2, 0) is 14.3 Å². The molecule has 1 aliphatic rings. The van der Waals surface area contributed by atoms with Gasteiger partial charge in [-0.3, -0.25) is 9.59 Å². The third-order valence-corrected chi connectivity index (χ3v) is 2.88. The molecule has 0 aromatic rings. The molecule has 14 heavy (non-hydrogen) atoms. The molecule has 1 fully saturated rings. The lowest BCUT2D eigenvalue weighted by Crippen LogP contribution is -2.38. The predicted molar refractivity (Wildman–Crippen MR) is 52.8 cm³/mol. The highest BCUT2D eigenvalue weighted by Crippen LogP contribution is 2.39. The minimum absolute atomic E-state index is 0.111. The zero-order chi connectivity index (χ0) is 10.8. The smallest absolute Gasteiger partial charge is 0.309 e. The van der Waals surface area contributed by atoms with Crippen LogP contribution in [0.5, 0.6) is 0 Å². The minimum atomic E-state index is -0.235. The predicted octanol–water partition coefficient (Wildman–Crippen LogP) is 1.94. The molecule has 0 N–H and O–H groups in total. The Kier molecular flexibility index (Phi) is 3.29. The van der Waals surface area contributed by atoms with E-state index in [0.29, 0.717) is 25.9 Å². The van der Waals surface area contributed by atoms with Crippen molar-refractivity contribution < 1.29 is 14.3 Å². The first-order valence-corrected chi connectivity index (χ1v) is 5.15. The van der Waals surface area contributed by atoms with Gasteiger partial charge >= 0.3 is 5.97 Å². The van der Waals surface area contributed by atoms with Crippen molar-refractivity contribution in [2.75, 3.05) is 6.61 Å². The van der Waals surface area contributed by atoms with Crippen molar-refractivity contribution in [1.82, 2.24) is 0 Å². The number of ether oxygens (including phenoxy) is 1. The van der Waals surface area contributed by atoms with Crippen molar-refractivity contribution in [2.45, 2.75) is 40.0 Å². The Hall–Kier alpha value is -0.860. The summed E-state index contributed by atoms with van der Waals surface area (Å²) >= 11 is 0. The van der Waals surface area contributed by atoms with Crippen molar-refractivity contribution in [3.63, 3.8) is 0 Å². The SMILES string of the molecule is CCOC(=O)[C@H]1CCC(=O)CC1(C)C. The molecular weight excluding hydrogens is 180 g/mol. The van der Waals surface area contributed by atoms with E-state index in [1.165, 1.54) is 0 Å². The largest absolute Gasteiger partial charge is 0.466 e. The Balaban J connectivity index is 2.68. The van der Waals surface area contributed by atoms with E-state index in [9.17, 15) is 9.59 Å². The fourth-order valence-electron chi connectivity index (χ4n) is 2.10. The van der Waals surface area contributed by atoms with E-state index in [2.05, 4.69) is 0 Å². The number of carbonyl (C=O) groups excluding carboxylic acids is 2. The molecule has 3 heteroatoms. The first-order chi connectivity index (χ1) is 6.47. The maximum atomic E-state index is 11.6. The Morgan fingerprint density at radius 3 is 2.71 bits per heavy atom. The number of hydrogen-bond donors (Lipinski definition) is 0. The van der Waals surface area contributed by atoms with Gasteiger partial charge in [0.25, 0.3) is 0 Å². The fraction of sp³-hybridized carbons (Fsp3) is 0.818. The molecular formula is C11H18O3. The maximum Gasteiger partial charge on any atom is 0.309 e. The monoisotopic (exact) mass is 198 g/mol. The van der Waals surface area contributed by atoms with Gasteiger partial charge in [-0.25, -0.2) is 0 Å². The fourth-order valence-corrected chi connectivity index (χ4v) is 2.10. The summed E-state index contributed by atoms with van der Waals surface area (Å²) in [5, 5.41) is 0. The van der Waals surface area contributed by atoms with Crippen molar-refractivity contribution in [3.05, 3.63) is 0 Å². The molecule has 0 heterocycles. The van der Waals surface area contributed by atoms with Crippen LogP contribution in [0.15, 0.2) is 0 Å². The molecule has 0 amide bonds. The summed E-state index contributed by atoms with van der Waals surface area (Å²) in [5.41, 5.74) is -0.235. The second-order valence-corrected chi connectivity index (χ2v) is 4.55. The highest BCUT2D eigenvalue weighted by atomic mass is 16.5. The summed E-state index contributed by atoms with van der Waals surface area (Å²) in [6, 6.07) is 0. The number of hydrogen-bond acceptors (Lipinski definition) is 3. The van der Waals surface area contributed by atoms with Crippen molar-refractivity contribution >= 4 is 11.8 Å². The van der Waals surface area contributed by atoms with Gasteiger partial charge in [0, 0.05) is 12.8 Å². The normalized spacial score (nSPS) is 25.9. The van der Waals surface area contributed by atoms with Gasteiger partial charge in [-0.15, -0.1) is 0 Å². The molecule has 1 saturated carbocycles. The van der Waals surface area contributed by atoms with E-state index in [1.54, 1.807) is 6.92 Å². The molecule has 0 unspecified atom stereocenters. The minimum Gasteiger partial charge on any atom is -0.466 e. The summed E-state index contributed by atoms with van der Waals surface area (Å²) in [5.74, 6) is 0.000647. The number of esters is 1. The number of Topliss-reactive ketones (excluding diaryl/α,β-unsaturated/α-hetero) is 1. The average molecular weight is 198 g/mol. The standard InChI is InChI=1S/C11H18O3/c1-4-14-10(13)9-6-5-8(12)7-11(9,2)3/h9H,4-7H2,1-3H3/t9-/m1/s1. The van der Waals surface area contributed by atoms with Crippen molar-refractivity contribution in [2.24, 2.45) is 11.3 Å². The second kappa shape index (κ2) is 4.11. The Morgan fingerprint density at radius 1 is 1.57 bits per heavy atom. The van der Waals surface area contributed by atoms with E-state index in [4.69, 9.17) is 4.74 Å². The molecule has 3 nitrogen and oxygen atoms in total. The molecule has 1 aliphatic carbocycles. The van der Waals surface area contributed by atoms with Crippen LogP contribution in [-0.4, -0.2) is 18.4 Å². The summed E-state index contributed by atoms with van der Waals surface area (Å²) in [6.45, 7) is 6.15. The van der Waals surface area contributed by atoms with Crippen molar-refractivity contribution in [3.8, 4) is 0 Å². The first kappa shape index (κ1) is 11.2. The van der Waals surface area contributed by atoms with E-state index in [0.717, 1.165) is 0 Å². The highest BCUT2D eigenvalue weighted by Gasteiger charge is 2.41. The average Bonchev–Trinajstić information content (AvgIpc) is 2.01. The molecule has 0 bridgehead atoms. The lowest BCUT2D eigenvalue weighted by Gasteiger charge is -2.35. The van der Waals surface area contributed by atoms with Crippen LogP contribution in [0.3, 0.4) is 0 Å². The van der Waals surface area contributed by atoms with Crippen LogP contribution in [0.25, 0.3) is 0 Å². The van der Waals surface area contributed by atoms with E-state index in [1.807, 2.05) is 13.8 Å². The molecule has 0 spiro atoms. The molecule has 1 atom stereocenters. The van der Waals surface area contributed by atoms with Gasteiger partial charge in [-0.2, -0.15) is 0 Å². The van der Waals surface area contributed by atoms with E-state index >= 15 is 0 Å². The van der Waals surface area contributed by atoms with Gasteiger partial charge in [0.1, 0.15) is 5.78 Å². The summed E-state index contributed by atoms with van der Waals surface area (Å²) in [7, 11) is 0.